The second-order valence-corrected chi connectivity index (χ2v) is 8.63. The summed E-state index contributed by atoms with van der Waals surface area (Å²) >= 11 is 0. The van der Waals surface area contributed by atoms with E-state index in [1.807, 2.05) is 30.3 Å². The Kier molecular flexibility index (Phi) is 4.84. The molecule has 0 spiro atoms. The van der Waals surface area contributed by atoms with Crippen LogP contribution in [0.5, 0.6) is 5.75 Å². The van der Waals surface area contributed by atoms with Gasteiger partial charge in [0.25, 0.3) is 0 Å². The highest BCUT2D eigenvalue weighted by atomic mass is 32.2. The Labute approximate surface area is 158 Å². The minimum absolute atomic E-state index is 0.0733. The van der Waals surface area contributed by atoms with Gasteiger partial charge in [0, 0.05) is 30.9 Å². The van der Waals surface area contributed by atoms with Gasteiger partial charge in [-0.25, -0.2) is 13.1 Å². The third-order valence-corrected chi connectivity index (χ3v) is 6.34. The molecule has 8 heteroatoms. The lowest BCUT2D eigenvalue weighted by molar-refractivity contribution is 0.144. The fraction of sp³-hybridized carbons (Fsp3) is 0.368. The summed E-state index contributed by atoms with van der Waals surface area (Å²) in [6, 6.07) is 9.74. The third-order valence-electron chi connectivity index (χ3n) is 4.86. The van der Waals surface area contributed by atoms with Crippen LogP contribution < -0.4 is 9.46 Å². The lowest BCUT2D eigenvalue weighted by Gasteiger charge is -2.29. The number of aryl methyl sites for hydroxylation is 1. The number of pyridine rings is 1. The zero-order valence-corrected chi connectivity index (χ0v) is 15.9. The Morgan fingerprint density at radius 2 is 2.00 bits per heavy atom. The molecule has 0 aliphatic heterocycles. The van der Waals surface area contributed by atoms with Crippen LogP contribution in [0.15, 0.2) is 53.8 Å². The van der Waals surface area contributed by atoms with Crippen molar-refractivity contribution in [1.29, 1.82) is 0 Å². The molecule has 1 aliphatic carbocycles. The monoisotopic (exact) mass is 386 g/mol. The van der Waals surface area contributed by atoms with Gasteiger partial charge in [-0.15, -0.1) is 0 Å². The van der Waals surface area contributed by atoms with Crippen LogP contribution in [0.4, 0.5) is 0 Å². The lowest BCUT2D eigenvalue weighted by atomic mass is 9.93. The van der Waals surface area contributed by atoms with Crippen molar-refractivity contribution in [2.75, 3.05) is 0 Å². The van der Waals surface area contributed by atoms with Gasteiger partial charge in [-0.05, 0) is 49.9 Å². The van der Waals surface area contributed by atoms with E-state index in [1.54, 1.807) is 13.2 Å². The van der Waals surface area contributed by atoms with Crippen LogP contribution in [-0.2, 0) is 17.1 Å². The van der Waals surface area contributed by atoms with E-state index in [4.69, 9.17) is 4.74 Å². The number of sulfonamides is 1. The zero-order chi connectivity index (χ0) is 18.9. The summed E-state index contributed by atoms with van der Waals surface area (Å²) in [6.45, 7) is 0. The van der Waals surface area contributed by atoms with Gasteiger partial charge in [-0.1, -0.05) is 6.07 Å². The van der Waals surface area contributed by atoms with Crippen molar-refractivity contribution in [3.05, 3.63) is 48.9 Å². The van der Waals surface area contributed by atoms with Crippen molar-refractivity contribution in [2.24, 2.45) is 7.05 Å². The van der Waals surface area contributed by atoms with E-state index < -0.39 is 10.0 Å². The molecule has 0 radical (unpaired) electrons. The van der Waals surface area contributed by atoms with Crippen molar-refractivity contribution >= 4 is 20.9 Å². The number of fused-ring (bicyclic) bond motifs is 1. The summed E-state index contributed by atoms with van der Waals surface area (Å²) in [5, 5.41) is 4.98. The second kappa shape index (κ2) is 7.28. The fourth-order valence-electron chi connectivity index (χ4n) is 3.44. The minimum atomic E-state index is -3.52. The highest BCUT2D eigenvalue weighted by molar-refractivity contribution is 7.89. The minimum Gasteiger partial charge on any atom is -0.490 e. The molecule has 0 amide bonds. The van der Waals surface area contributed by atoms with Crippen LogP contribution in [0.2, 0.25) is 0 Å². The van der Waals surface area contributed by atoms with Crippen molar-refractivity contribution in [3.8, 4) is 5.75 Å². The van der Waals surface area contributed by atoms with E-state index in [-0.39, 0.29) is 17.0 Å². The molecule has 0 atom stereocenters. The topological polar surface area (TPSA) is 86.1 Å². The SMILES string of the molecule is Cn1cc(S(=O)(=O)NC2CCC(Oc3ccc4ncccc4c3)CC2)cn1. The van der Waals surface area contributed by atoms with E-state index in [9.17, 15) is 8.42 Å². The standard InChI is InChI=1S/C19H22N4O3S/c1-23-13-18(12-21-23)27(24,25)22-15-4-6-16(7-5-15)26-17-8-9-19-14(11-17)3-2-10-20-19/h2-3,8-13,15-16,22H,4-7H2,1H3. The predicted octanol–water partition coefficient (Wildman–Crippen LogP) is 2.64. The molecule has 2 heterocycles. The summed E-state index contributed by atoms with van der Waals surface area (Å²) in [5.41, 5.74) is 0.943. The highest BCUT2D eigenvalue weighted by Crippen LogP contribution is 2.26. The largest absolute Gasteiger partial charge is 0.490 e. The first-order valence-electron chi connectivity index (χ1n) is 9.02. The van der Waals surface area contributed by atoms with Crippen molar-refractivity contribution in [3.63, 3.8) is 0 Å². The number of rotatable bonds is 5. The lowest BCUT2D eigenvalue weighted by Crippen LogP contribution is -2.39. The summed E-state index contributed by atoms with van der Waals surface area (Å²) < 4.78 is 35.2. The van der Waals surface area contributed by atoms with E-state index in [0.29, 0.717) is 0 Å². The molecule has 7 nitrogen and oxygen atoms in total. The smallest absolute Gasteiger partial charge is 0.243 e. The molecule has 1 aliphatic rings. The van der Waals surface area contributed by atoms with Gasteiger partial charge in [-0.2, -0.15) is 5.10 Å². The van der Waals surface area contributed by atoms with Gasteiger partial charge in [0.05, 0.1) is 17.8 Å². The molecule has 142 valence electrons. The second-order valence-electron chi connectivity index (χ2n) is 6.92. The Morgan fingerprint density at radius 3 is 2.74 bits per heavy atom. The number of aromatic nitrogens is 3. The summed E-state index contributed by atoms with van der Waals surface area (Å²) in [6.07, 6.45) is 7.86. The molecule has 27 heavy (non-hydrogen) atoms. The quantitative estimate of drug-likeness (QED) is 0.728. The molecule has 1 N–H and O–H groups in total. The average molecular weight is 386 g/mol. The summed E-state index contributed by atoms with van der Waals surface area (Å²) in [5.74, 6) is 0.829. The van der Waals surface area contributed by atoms with Gasteiger partial charge >= 0.3 is 0 Å². The Bertz CT molecular complexity index is 1040. The van der Waals surface area contributed by atoms with Gasteiger partial charge in [0.1, 0.15) is 10.6 Å². The molecule has 4 rings (SSSR count). The number of benzene rings is 1. The van der Waals surface area contributed by atoms with Crippen molar-refractivity contribution in [1.82, 2.24) is 19.5 Å². The fourth-order valence-corrected chi connectivity index (χ4v) is 4.73. The van der Waals surface area contributed by atoms with Crippen molar-refractivity contribution < 1.29 is 13.2 Å². The molecule has 0 bridgehead atoms. The first-order valence-corrected chi connectivity index (χ1v) is 10.5. The van der Waals surface area contributed by atoms with Gasteiger partial charge in [-0.3, -0.25) is 9.67 Å². The maximum Gasteiger partial charge on any atom is 0.243 e. The molecule has 1 saturated carbocycles. The average Bonchev–Trinajstić information content (AvgIpc) is 3.11. The van der Waals surface area contributed by atoms with Gasteiger partial charge < -0.3 is 4.74 Å². The molecular formula is C19H22N4O3S. The number of nitrogens with zero attached hydrogens (tertiary/aromatic N) is 3. The first kappa shape index (κ1) is 17.9. The molecule has 3 aromatic rings. The van der Waals surface area contributed by atoms with Crippen LogP contribution >= 0.6 is 0 Å². The van der Waals surface area contributed by atoms with Gasteiger partial charge in [0.2, 0.25) is 10.0 Å². The van der Waals surface area contributed by atoms with Crippen LogP contribution in [0.3, 0.4) is 0 Å². The summed E-state index contributed by atoms with van der Waals surface area (Å²) in [7, 11) is -1.82. The summed E-state index contributed by atoms with van der Waals surface area (Å²) in [4.78, 5) is 4.51. The zero-order valence-electron chi connectivity index (χ0n) is 15.1. The Hall–Kier alpha value is -2.45. The molecule has 0 unspecified atom stereocenters. The number of ether oxygens (including phenoxy) is 1. The van der Waals surface area contributed by atoms with Crippen molar-refractivity contribution in [2.45, 2.75) is 42.7 Å². The molecule has 1 aromatic carbocycles. The van der Waals surface area contributed by atoms with Crippen LogP contribution in [0.1, 0.15) is 25.7 Å². The van der Waals surface area contributed by atoms with E-state index in [2.05, 4.69) is 14.8 Å². The maximum atomic E-state index is 12.4. The number of nitrogens with one attached hydrogen (secondary N) is 1. The Balaban J connectivity index is 1.34. The van der Waals surface area contributed by atoms with Crippen LogP contribution in [0.25, 0.3) is 10.9 Å². The molecule has 2 aromatic heterocycles. The van der Waals surface area contributed by atoms with Crippen LogP contribution in [0, 0.1) is 0 Å². The Morgan fingerprint density at radius 1 is 1.19 bits per heavy atom. The normalized spacial score (nSPS) is 20.6. The third kappa shape index (κ3) is 4.12. The number of hydrogen-bond acceptors (Lipinski definition) is 5. The van der Waals surface area contributed by atoms with E-state index in [1.165, 1.54) is 17.1 Å². The van der Waals surface area contributed by atoms with E-state index >= 15 is 0 Å². The molecular weight excluding hydrogens is 364 g/mol. The maximum absolute atomic E-state index is 12.4. The first-order chi connectivity index (χ1) is 13.0. The van der Waals surface area contributed by atoms with Crippen LogP contribution in [-0.4, -0.2) is 35.3 Å². The predicted molar refractivity (Wildman–Crippen MR) is 102 cm³/mol. The van der Waals surface area contributed by atoms with E-state index in [0.717, 1.165) is 42.3 Å². The molecule has 1 fully saturated rings. The van der Waals surface area contributed by atoms with Gasteiger partial charge in [0.15, 0.2) is 0 Å². The highest BCUT2D eigenvalue weighted by Gasteiger charge is 2.27. The molecule has 0 saturated heterocycles. The number of hydrogen-bond donors (Lipinski definition) is 1.